The number of alkyl halides is 2. The van der Waals surface area contributed by atoms with Crippen LogP contribution in [0.15, 0.2) is 17.7 Å². The third-order valence-electron chi connectivity index (χ3n) is 4.68. The van der Waals surface area contributed by atoms with Gasteiger partial charge in [0, 0.05) is 18.6 Å². The van der Waals surface area contributed by atoms with Crippen molar-refractivity contribution >= 4 is 15.7 Å². The van der Waals surface area contributed by atoms with E-state index >= 15 is 0 Å². The molecule has 154 valence electrons. The Bertz CT molecular complexity index is 875. The summed E-state index contributed by atoms with van der Waals surface area (Å²) in [4.78, 5) is 20.3. The number of hydrogen-bond acceptors (Lipinski definition) is 6. The maximum Gasteiger partial charge on any atom is 0.292 e. The lowest BCUT2D eigenvalue weighted by Gasteiger charge is -2.27. The molecule has 1 atom stereocenters. The molecular formula is C18H23F2N3O4S. The van der Waals surface area contributed by atoms with Gasteiger partial charge in [-0.25, -0.2) is 18.4 Å². The van der Waals surface area contributed by atoms with E-state index in [2.05, 4.69) is 15.3 Å². The molecule has 2 aliphatic rings. The maximum atomic E-state index is 13.8. The highest BCUT2D eigenvalue weighted by atomic mass is 32.2. The molecule has 0 unspecified atom stereocenters. The van der Waals surface area contributed by atoms with E-state index in [0.29, 0.717) is 6.92 Å². The second-order valence-electron chi connectivity index (χ2n) is 7.46. The molecule has 0 radical (unpaired) electrons. The largest absolute Gasteiger partial charge is 0.473 e. The van der Waals surface area contributed by atoms with Gasteiger partial charge in [-0.3, -0.25) is 4.79 Å². The van der Waals surface area contributed by atoms with Gasteiger partial charge in [-0.2, -0.15) is 8.78 Å². The lowest BCUT2D eigenvalue weighted by Crippen LogP contribution is -2.36. The lowest BCUT2D eigenvalue weighted by molar-refractivity contribution is 0.00454. The molecule has 0 aliphatic heterocycles. The standard InChI is InChI=1S/C18H23F2N3O4S/c1-18(19,20)15-17(27-12-4-3-5-12)23-14(10-21-15)16(24)22-13(11-6-7-11)8-9-28(2,25)26/h8-13H,3-7H2,1-2H3,(H,22,24)/b9-8+/t13-/m1/s1. The summed E-state index contributed by atoms with van der Waals surface area (Å²) in [6, 6.07) is -0.479. The van der Waals surface area contributed by atoms with Crippen LogP contribution in [-0.4, -0.2) is 42.7 Å². The Morgan fingerprint density at radius 1 is 1.36 bits per heavy atom. The Labute approximate surface area is 162 Å². The molecule has 2 aliphatic carbocycles. The van der Waals surface area contributed by atoms with Gasteiger partial charge in [0.25, 0.3) is 11.8 Å². The van der Waals surface area contributed by atoms with Crippen LogP contribution < -0.4 is 10.1 Å². The fourth-order valence-electron chi connectivity index (χ4n) is 2.74. The highest BCUT2D eigenvalue weighted by molar-refractivity contribution is 7.93. The smallest absolute Gasteiger partial charge is 0.292 e. The van der Waals surface area contributed by atoms with E-state index in [4.69, 9.17) is 4.74 Å². The normalized spacial score (nSPS) is 19.3. The molecule has 1 aromatic rings. The van der Waals surface area contributed by atoms with Crippen molar-refractivity contribution in [2.45, 2.75) is 57.1 Å². The van der Waals surface area contributed by atoms with E-state index in [1.54, 1.807) is 0 Å². The molecule has 2 saturated carbocycles. The van der Waals surface area contributed by atoms with E-state index in [0.717, 1.165) is 50.0 Å². The Morgan fingerprint density at radius 3 is 2.54 bits per heavy atom. The summed E-state index contributed by atoms with van der Waals surface area (Å²) in [6.45, 7) is 0.698. The van der Waals surface area contributed by atoms with Gasteiger partial charge in [0.05, 0.1) is 12.2 Å². The Morgan fingerprint density at radius 2 is 2.04 bits per heavy atom. The number of amides is 1. The van der Waals surface area contributed by atoms with Crippen molar-refractivity contribution in [2.75, 3.05) is 6.26 Å². The molecular weight excluding hydrogens is 392 g/mol. The van der Waals surface area contributed by atoms with Gasteiger partial charge in [0.2, 0.25) is 5.88 Å². The first-order valence-corrected chi connectivity index (χ1v) is 11.1. The summed E-state index contributed by atoms with van der Waals surface area (Å²) < 4.78 is 55.8. The quantitative estimate of drug-likeness (QED) is 0.701. The Kier molecular flexibility index (Phi) is 5.69. The van der Waals surface area contributed by atoms with E-state index in [9.17, 15) is 22.0 Å². The third kappa shape index (κ3) is 5.46. The van der Waals surface area contributed by atoms with Crippen LogP contribution in [0.1, 0.15) is 55.2 Å². The van der Waals surface area contributed by atoms with Crippen molar-refractivity contribution < 1.29 is 26.7 Å². The first-order chi connectivity index (χ1) is 13.0. The number of hydrogen-bond donors (Lipinski definition) is 1. The lowest BCUT2D eigenvalue weighted by atomic mass is 9.96. The molecule has 0 bridgehead atoms. The predicted molar refractivity (Wildman–Crippen MR) is 97.8 cm³/mol. The Balaban J connectivity index is 1.80. The van der Waals surface area contributed by atoms with Crippen LogP contribution >= 0.6 is 0 Å². The zero-order valence-corrected chi connectivity index (χ0v) is 16.5. The number of sulfone groups is 1. The molecule has 3 rings (SSSR count). The summed E-state index contributed by atoms with van der Waals surface area (Å²) in [7, 11) is -3.33. The van der Waals surface area contributed by atoms with Crippen molar-refractivity contribution in [2.24, 2.45) is 5.92 Å². The molecule has 7 nitrogen and oxygen atoms in total. The number of ether oxygens (including phenoxy) is 1. The maximum absolute atomic E-state index is 13.8. The highest BCUT2D eigenvalue weighted by Crippen LogP contribution is 2.35. The summed E-state index contributed by atoms with van der Waals surface area (Å²) in [6.07, 6.45) is 7.44. The molecule has 0 spiro atoms. The minimum atomic E-state index is -3.33. The average Bonchev–Trinajstić information content (AvgIpc) is 3.37. The molecule has 1 amide bonds. The number of aromatic nitrogens is 2. The van der Waals surface area contributed by atoms with Crippen molar-refractivity contribution in [1.82, 2.24) is 15.3 Å². The first-order valence-electron chi connectivity index (χ1n) is 9.14. The highest BCUT2D eigenvalue weighted by Gasteiger charge is 2.35. The van der Waals surface area contributed by atoms with Crippen molar-refractivity contribution in [3.63, 3.8) is 0 Å². The molecule has 0 aromatic carbocycles. The van der Waals surface area contributed by atoms with Gasteiger partial charge in [0.15, 0.2) is 21.2 Å². The molecule has 10 heteroatoms. The van der Waals surface area contributed by atoms with Gasteiger partial charge < -0.3 is 10.1 Å². The fourth-order valence-corrected chi connectivity index (χ4v) is 3.20. The monoisotopic (exact) mass is 415 g/mol. The van der Waals surface area contributed by atoms with Crippen LogP contribution in [0.5, 0.6) is 5.88 Å². The van der Waals surface area contributed by atoms with Gasteiger partial charge in [-0.05, 0) is 38.0 Å². The van der Waals surface area contributed by atoms with Crippen LogP contribution in [0, 0.1) is 5.92 Å². The van der Waals surface area contributed by atoms with Crippen LogP contribution in [0.3, 0.4) is 0 Å². The molecule has 28 heavy (non-hydrogen) atoms. The summed E-state index contributed by atoms with van der Waals surface area (Å²) in [5.74, 6) is -4.07. The van der Waals surface area contributed by atoms with E-state index in [-0.39, 0.29) is 23.6 Å². The Hall–Kier alpha value is -2.10. The number of carbonyl (C=O) groups is 1. The van der Waals surface area contributed by atoms with E-state index in [1.807, 2.05) is 0 Å². The van der Waals surface area contributed by atoms with Crippen molar-refractivity contribution in [1.29, 1.82) is 0 Å². The molecule has 1 heterocycles. The van der Waals surface area contributed by atoms with Crippen molar-refractivity contribution in [3.05, 3.63) is 29.1 Å². The number of halogens is 2. The van der Waals surface area contributed by atoms with Gasteiger partial charge >= 0.3 is 0 Å². The molecule has 0 saturated heterocycles. The second kappa shape index (κ2) is 7.73. The summed E-state index contributed by atoms with van der Waals surface area (Å²) >= 11 is 0. The zero-order chi connectivity index (χ0) is 20.5. The number of nitrogens with one attached hydrogen (secondary N) is 1. The predicted octanol–water partition coefficient (Wildman–Crippen LogP) is 2.59. The van der Waals surface area contributed by atoms with Gasteiger partial charge in [0.1, 0.15) is 6.10 Å². The van der Waals surface area contributed by atoms with E-state index < -0.39 is 33.4 Å². The van der Waals surface area contributed by atoms with E-state index in [1.165, 1.54) is 6.08 Å². The fraction of sp³-hybridized carbons (Fsp3) is 0.611. The van der Waals surface area contributed by atoms with Gasteiger partial charge in [-0.15, -0.1) is 0 Å². The minimum Gasteiger partial charge on any atom is -0.473 e. The van der Waals surface area contributed by atoms with Crippen LogP contribution in [0.4, 0.5) is 8.78 Å². The molecule has 1 aromatic heterocycles. The first kappa shape index (κ1) is 20.6. The number of rotatable bonds is 8. The second-order valence-corrected chi connectivity index (χ2v) is 9.39. The number of nitrogens with zero attached hydrogens (tertiary/aromatic N) is 2. The average molecular weight is 415 g/mol. The molecule has 2 fully saturated rings. The minimum absolute atomic E-state index is 0.139. The SMILES string of the molecule is CC(F)(F)c1ncc(C(=O)N[C@H](/C=C/S(C)(=O)=O)C2CC2)nc1OC1CCC1. The van der Waals surface area contributed by atoms with Crippen LogP contribution in [-0.2, 0) is 15.8 Å². The zero-order valence-electron chi connectivity index (χ0n) is 15.7. The third-order valence-corrected chi connectivity index (χ3v) is 5.33. The van der Waals surface area contributed by atoms with Crippen molar-refractivity contribution in [3.8, 4) is 5.88 Å². The number of carbonyl (C=O) groups excluding carboxylic acids is 1. The van der Waals surface area contributed by atoms with Crippen LogP contribution in [0.25, 0.3) is 0 Å². The summed E-state index contributed by atoms with van der Waals surface area (Å²) in [5.41, 5.74) is -0.757. The molecule has 1 N–H and O–H groups in total. The topological polar surface area (TPSA) is 98.2 Å². The van der Waals surface area contributed by atoms with Crippen LogP contribution in [0.2, 0.25) is 0 Å². The summed E-state index contributed by atoms with van der Waals surface area (Å²) in [5, 5.41) is 3.75. The van der Waals surface area contributed by atoms with Gasteiger partial charge in [-0.1, -0.05) is 6.08 Å².